The van der Waals surface area contributed by atoms with Crippen molar-refractivity contribution in [3.05, 3.63) is 59.2 Å². The molecule has 0 bridgehead atoms. The van der Waals surface area contributed by atoms with Crippen LogP contribution in [0, 0.1) is 5.41 Å². The second-order valence-electron chi connectivity index (χ2n) is 13.3. The SMILES string of the molecule is CCOCC1(CN(C)c2cc(-c3cnc(C4CC4)c(C(F)(F)F)c3)nc3nc(NC(=O)c4ccc(CCC(=O)OCC)cn4)[nH]c23)CCCC1. The van der Waals surface area contributed by atoms with E-state index in [-0.39, 0.29) is 58.0 Å². The summed E-state index contributed by atoms with van der Waals surface area (Å²) in [6.45, 7) is 5.89. The van der Waals surface area contributed by atoms with Crippen LogP contribution in [0.3, 0.4) is 0 Å². The van der Waals surface area contributed by atoms with Crippen LogP contribution in [0.15, 0.2) is 36.7 Å². The zero-order valence-corrected chi connectivity index (χ0v) is 28.5. The van der Waals surface area contributed by atoms with E-state index in [0.717, 1.165) is 37.3 Å². The Hall–Kier alpha value is -4.59. The molecule has 0 aromatic carbocycles. The largest absolute Gasteiger partial charge is 0.466 e. The molecule has 4 aromatic heterocycles. The predicted molar refractivity (Wildman–Crippen MR) is 182 cm³/mol. The van der Waals surface area contributed by atoms with Gasteiger partial charge in [-0.1, -0.05) is 18.9 Å². The molecule has 0 spiro atoms. The number of nitrogens with zero attached hydrogens (tertiary/aromatic N) is 5. The summed E-state index contributed by atoms with van der Waals surface area (Å²) >= 11 is 0. The first-order valence-electron chi connectivity index (χ1n) is 17.2. The summed E-state index contributed by atoms with van der Waals surface area (Å²) in [6.07, 6.45) is 4.62. The number of alkyl halides is 3. The smallest absolute Gasteiger partial charge is 0.418 e. The lowest BCUT2D eigenvalue weighted by Crippen LogP contribution is -2.37. The van der Waals surface area contributed by atoms with Crippen LogP contribution in [0.2, 0.25) is 0 Å². The minimum Gasteiger partial charge on any atom is -0.466 e. The van der Waals surface area contributed by atoms with Crippen molar-refractivity contribution in [1.82, 2.24) is 24.9 Å². The van der Waals surface area contributed by atoms with Gasteiger partial charge in [-0.05, 0) is 69.7 Å². The predicted octanol–water partition coefficient (Wildman–Crippen LogP) is 7.09. The molecule has 2 fully saturated rings. The summed E-state index contributed by atoms with van der Waals surface area (Å²) in [6, 6.07) is 6.16. The number of aryl methyl sites for hydroxylation is 1. The van der Waals surface area contributed by atoms with Crippen molar-refractivity contribution in [3.63, 3.8) is 0 Å². The number of rotatable bonds is 14. The van der Waals surface area contributed by atoms with E-state index >= 15 is 0 Å². The number of pyridine rings is 3. The van der Waals surface area contributed by atoms with Gasteiger partial charge in [0.25, 0.3) is 5.91 Å². The van der Waals surface area contributed by atoms with E-state index < -0.39 is 17.6 Å². The Kier molecular flexibility index (Phi) is 10.4. The second-order valence-corrected chi connectivity index (χ2v) is 13.3. The Morgan fingerprint density at radius 1 is 1.06 bits per heavy atom. The lowest BCUT2D eigenvalue weighted by atomic mass is 9.86. The number of amides is 1. The van der Waals surface area contributed by atoms with Gasteiger partial charge in [0.1, 0.15) is 11.2 Å². The van der Waals surface area contributed by atoms with Gasteiger partial charge < -0.3 is 19.4 Å². The van der Waals surface area contributed by atoms with Crippen LogP contribution in [0.25, 0.3) is 22.4 Å². The number of esters is 1. The van der Waals surface area contributed by atoms with Gasteiger partial charge in [-0.3, -0.25) is 24.9 Å². The molecule has 0 atom stereocenters. The number of halogens is 3. The molecule has 2 aliphatic rings. The number of carbonyl (C=O) groups is 2. The minimum atomic E-state index is -4.56. The molecule has 266 valence electrons. The monoisotopic (exact) mass is 693 g/mol. The van der Waals surface area contributed by atoms with Gasteiger partial charge in [0.05, 0.1) is 35.9 Å². The summed E-state index contributed by atoms with van der Waals surface area (Å²) in [5, 5.41) is 2.74. The highest BCUT2D eigenvalue weighted by Crippen LogP contribution is 2.46. The van der Waals surface area contributed by atoms with Gasteiger partial charge in [0, 0.05) is 55.9 Å². The molecule has 6 rings (SSSR count). The number of hydrogen-bond donors (Lipinski definition) is 2. The molecule has 0 aliphatic heterocycles. The average Bonchev–Trinajstić information content (AvgIpc) is 3.71. The molecule has 50 heavy (non-hydrogen) atoms. The quantitative estimate of drug-likeness (QED) is 0.133. The van der Waals surface area contributed by atoms with Crippen LogP contribution < -0.4 is 10.2 Å². The van der Waals surface area contributed by atoms with E-state index in [2.05, 4.69) is 35.1 Å². The van der Waals surface area contributed by atoms with Gasteiger partial charge in [-0.15, -0.1) is 0 Å². The lowest BCUT2D eigenvalue weighted by molar-refractivity contribution is -0.143. The fraction of sp³-hybridized carbons (Fsp3) is 0.500. The first-order chi connectivity index (χ1) is 24.0. The number of imidazole rings is 1. The molecule has 0 radical (unpaired) electrons. The molecule has 4 heterocycles. The third-order valence-electron chi connectivity index (χ3n) is 9.40. The number of carbonyl (C=O) groups excluding carboxylic acids is 2. The van der Waals surface area contributed by atoms with Gasteiger partial charge >= 0.3 is 12.1 Å². The third kappa shape index (κ3) is 8.06. The van der Waals surface area contributed by atoms with E-state index in [1.54, 1.807) is 25.1 Å². The Morgan fingerprint density at radius 3 is 2.50 bits per heavy atom. The number of H-pyrrole nitrogens is 1. The first-order valence-corrected chi connectivity index (χ1v) is 17.2. The molecule has 0 saturated heterocycles. The topological polar surface area (TPSA) is 135 Å². The van der Waals surface area contributed by atoms with Gasteiger partial charge in [-0.2, -0.15) is 18.2 Å². The Balaban J connectivity index is 1.32. The molecule has 2 aliphatic carbocycles. The van der Waals surface area contributed by atoms with Gasteiger partial charge in [-0.25, -0.2) is 4.98 Å². The van der Waals surface area contributed by atoms with Crippen molar-refractivity contribution >= 4 is 34.7 Å². The molecular formula is C36H42F3N7O4. The molecule has 4 aromatic rings. The Bertz CT molecular complexity index is 1830. The minimum absolute atomic E-state index is 0.0733. The van der Waals surface area contributed by atoms with E-state index in [0.29, 0.717) is 56.8 Å². The molecule has 2 saturated carbocycles. The second kappa shape index (κ2) is 14.7. The molecular weight excluding hydrogens is 651 g/mol. The van der Waals surface area contributed by atoms with Gasteiger partial charge in [0.15, 0.2) is 5.65 Å². The molecule has 14 heteroatoms. The maximum Gasteiger partial charge on any atom is 0.418 e. The number of anilines is 2. The zero-order valence-electron chi connectivity index (χ0n) is 28.5. The summed E-state index contributed by atoms with van der Waals surface area (Å²) in [4.78, 5) is 47.9. The maximum absolute atomic E-state index is 14.2. The van der Waals surface area contributed by atoms with Crippen LogP contribution >= 0.6 is 0 Å². The number of nitrogens with one attached hydrogen (secondary N) is 2. The number of ether oxygens (including phenoxy) is 2. The number of aromatic amines is 1. The summed E-state index contributed by atoms with van der Waals surface area (Å²) in [5.74, 6) is -0.896. The highest BCUT2D eigenvalue weighted by atomic mass is 19.4. The van der Waals surface area contributed by atoms with E-state index in [4.69, 9.17) is 9.47 Å². The summed E-state index contributed by atoms with van der Waals surface area (Å²) < 4.78 is 53.4. The highest BCUT2D eigenvalue weighted by Gasteiger charge is 2.40. The van der Waals surface area contributed by atoms with Crippen LogP contribution in [-0.2, 0) is 26.9 Å². The molecule has 2 N–H and O–H groups in total. The fourth-order valence-corrected chi connectivity index (χ4v) is 6.74. The lowest BCUT2D eigenvalue weighted by Gasteiger charge is -2.34. The van der Waals surface area contributed by atoms with Crippen molar-refractivity contribution in [2.45, 2.75) is 77.3 Å². The van der Waals surface area contributed by atoms with E-state index in [9.17, 15) is 22.8 Å². The summed E-state index contributed by atoms with van der Waals surface area (Å²) in [7, 11) is 1.94. The van der Waals surface area contributed by atoms with Crippen LogP contribution in [-0.4, -0.2) is 70.2 Å². The zero-order chi connectivity index (χ0) is 35.5. The van der Waals surface area contributed by atoms with Crippen LogP contribution in [0.4, 0.5) is 24.8 Å². The maximum atomic E-state index is 14.2. The van der Waals surface area contributed by atoms with Crippen molar-refractivity contribution < 1.29 is 32.2 Å². The van der Waals surface area contributed by atoms with Crippen molar-refractivity contribution in [2.75, 3.05) is 43.6 Å². The average molecular weight is 694 g/mol. The third-order valence-corrected chi connectivity index (χ3v) is 9.40. The van der Waals surface area contributed by atoms with E-state index in [1.807, 2.05) is 14.0 Å². The number of hydrogen-bond acceptors (Lipinski definition) is 9. The number of aromatic nitrogens is 5. The first kappa shape index (κ1) is 35.2. The van der Waals surface area contributed by atoms with Crippen molar-refractivity contribution in [1.29, 1.82) is 0 Å². The van der Waals surface area contributed by atoms with Gasteiger partial charge in [0.2, 0.25) is 5.95 Å². The Labute approximate surface area is 288 Å². The van der Waals surface area contributed by atoms with Crippen molar-refractivity contribution in [3.8, 4) is 11.3 Å². The molecule has 0 unspecified atom stereocenters. The standard InChI is InChI=1S/C36H42F3N7O4/c1-4-49-21-35(14-6-7-15-35)20-46(3)28-17-27(24-16-25(36(37,38)39)30(41-19-24)23-10-11-23)42-32-31(28)43-34(44-32)45-33(48)26-12-8-22(18-40-26)9-13-29(47)50-5-2/h8,12,16-19,23H,4-7,9-11,13-15,20-21H2,1-3H3,(H2,42,43,44,45,48). The fourth-order valence-electron chi connectivity index (χ4n) is 6.74. The number of fused-ring (bicyclic) bond motifs is 1. The van der Waals surface area contributed by atoms with Crippen LogP contribution in [0.1, 0.15) is 92.0 Å². The van der Waals surface area contributed by atoms with Crippen LogP contribution in [0.5, 0.6) is 0 Å². The normalized spacial score (nSPS) is 15.7. The molecule has 11 nitrogen and oxygen atoms in total. The molecule has 1 amide bonds. The highest BCUT2D eigenvalue weighted by molar-refractivity contribution is 6.03. The van der Waals surface area contributed by atoms with Crippen molar-refractivity contribution in [2.24, 2.45) is 5.41 Å². The summed E-state index contributed by atoms with van der Waals surface area (Å²) in [5.41, 5.74) is 2.10. The Morgan fingerprint density at radius 2 is 1.84 bits per heavy atom. The van der Waals surface area contributed by atoms with E-state index in [1.165, 1.54) is 12.4 Å².